The fourth-order valence-corrected chi connectivity index (χ4v) is 1.57. The first-order valence-electron chi connectivity index (χ1n) is 3.81. The molecule has 0 amide bonds. The Kier molecular flexibility index (Phi) is 3.26. The van der Waals surface area contributed by atoms with E-state index < -0.39 is 6.10 Å². The SMILES string of the molecule is CC(O)c1ccc(Br)cc1CN. The maximum absolute atomic E-state index is 9.36. The van der Waals surface area contributed by atoms with Crippen LogP contribution in [0.2, 0.25) is 0 Å². The number of rotatable bonds is 2. The van der Waals surface area contributed by atoms with Crippen LogP contribution < -0.4 is 5.73 Å². The van der Waals surface area contributed by atoms with E-state index in [9.17, 15) is 5.11 Å². The van der Waals surface area contributed by atoms with E-state index >= 15 is 0 Å². The summed E-state index contributed by atoms with van der Waals surface area (Å²) < 4.78 is 0.993. The molecule has 1 rings (SSSR count). The lowest BCUT2D eigenvalue weighted by Gasteiger charge is -2.10. The Labute approximate surface area is 80.5 Å². The van der Waals surface area contributed by atoms with Crippen molar-refractivity contribution in [1.29, 1.82) is 0 Å². The summed E-state index contributed by atoms with van der Waals surface area (Å²) >= 11 is 3.35. The maximum Gasteiger partial charge on any atom is 0.0765 e. The monoisotopic (exact) mass is 229 g/mol. The van der Waals surface area contributed by atoms with Crippen LogP contribution in [0.5, 0.6) is 0 Å². The van der Waals surface area contributed by atoms with Crippen molar-refractivity contribution in [2.45, 2.75) is 19.6 Å². The van der Waals surface area contributed by atoms with Crippen molar-refractivity contribution in [3.05, 3.63) is 33.8 Å². The Bertz CT molecular complexity index is 273. The molecule has 3 N–H and O–H groups in total. The molecule has 0 fully saturated rings. The van der Waals surface area contributed by atoms with E-state index in [4.69, 9.17) is 5.73 Å². The lowest BCUT2D eigenvalue weighted by atomic mass is 10.0. The highest BCUT2D eigenvalue weighted by Gasteiger charge is 2.06. The molecule has 0 bridgehead atoms. The molecular weight excluding hydrogens is 218 g/mol. The van der Waals surface area contributed by atoms with E-state index in [-0.39, 0.29) is 0 Å². The first-order chi connectivity index (χ1) is 5.65. The molecule has 0 heterocycles. The fraction of sp³-hybridized carbons (Fsp3) is 0.333. The highest BCUT2D eigenvalue weighted by molar-refractivity contribution is 9.10. The summed E-state index contributed by atoms with van der Waals surface area (Å²) in [4.78, 5) is 0. The molecule has 0 aliphatic heterocycles. The van der Waals surface area contributed by atoms with Crippen LogP contribution in [0.25, 0.3) is 0 Å². The van der Waals surface area contributed by atoms with Crippen molar-refractivity contribution in [1.82, 2.24) is 0 Å². The number of halogens is 1. The summed E-state index contributed by atoms with van der Waals surface area (Å²) in [5, 5.41) is 9.36. The number of hydrogen-bond donors (Lipinski definition) is 2. The molecule has 0 saturated heterocycles. The molecule has 0 aliphatic carbocycles. The van der Waals surface area contributed by atoms with Crippen molar-refractivity contribution in [3.8, 4) is 0 Å². The summed E-state index contributed by atoms with van der Waals surface area (Å²) in [6.07, 6.45) is -0.448. The Morgan fingerprint density at radius 2 is 2.25 bits per heavy atom. The van der Waals surface area contributed by atoms with Gasteiger partial charge >= 0.3 is 0 Å². The second kappa shape index (κ2) is 4.03. The average Bonchev–Trinajstić information content (AvgIpc) is 2.03. The van der Waals surface area contributed by atoms with Gasteiger partial charge in [-0.1, -0.05) is 22.0 Å². The zero-order valence-electron chi connectivity index (χ0n) is 6.92. The first kappa shape index (κ1) is 9.71. The number of nitrogens with two attached hydrogens (primary N) is 1. The third-order valence-electron chi connectivity index (χ3n) is 1.78. The van der Waals surface area contributed by atoms with Crippen LogP contribution in [-0.4, -0.2) is 5.11 Å². The lowest BCUT2D eigenvalue weighted by molar-refractivity contribution is 0.198. The van der Waals surface area contributed by atoms with E-state index in [1.165, 1.54) is 0 Å². The van der Waals surface area contributed by atoms with Crippen molar-refractivity contribution in [2.75, 3.05) is 0 Å². The van der Waals surface area contributed by atoms with Crippen LogP contribution in [0.4, 0.5) is 0 Å². The minimum absolute atomic E-state index is 0.448. The van der Waals surface area contributed by atoms with Gasteiger partial charge in [0.2, 0.25) is 0 Å². The molecule has 1 unspecified atom stereocenters. The van der Waals surface area contributed by atoms with Gasteiger partial charge in [0.05, 0.1) is 6.10 Å². The zero-order valence-corrected chi connectivity index (χ0v) is 8.51. The molecule has 0 radical (unpaired) electrons. The van der Waals surface area contributed by atoms with Gasteiger partial charge < -0.3 is 10.8 Å². The van der Waals surface area contributed by atoms with Crippen molar-refractivity contribution in [3.63, 3.8) is 0 Å². The second-order valence-electron chi connectivity index (χ2n) is 2.72. The van der Waals surface area contributed by atoms with Gasteiger partial charge in [0.15, 0.2) is 0 Å². The molecule has 1 aromatic rings. The molecule has 0 aromatic heterocycles. The van der Waals surface area contributed by atoms with Crippen molar-refractivity contribution in [2.24, 2.45) is 5.73 Å². The Morgan fingerprint density at radius 1 is 1.58 bits per heavy atom. The van der Waals surface area contributed by atoms with Crippen molar-refractivity contribution < 1.29 is 5.11 Å². The number of hydrogen-bond acceptors (Lipinski definition) is 2. The van der Waals surface area contributed by atoms with Crippen LogP contribution in [-0.2, 0) is 6.54 Å². The van der Waals surface area contributed by atoms with Gasteiger partial charge in [-0.15, -0.1) is 0 Å². The van der Waals surface area contributed by atoms with E-state index in [0.717, 1.165) is 15.6 Å². The average molecular weight is 230 g/mol. The molecule has 66 valence electrons. The van der Waals surface area contributed by atoms with Crippen LogP contribution in [0.3, 0.4) is 0 Å². The van der Waals surface area contributed by atoms with Gasteiger partial charge in [0, 0.05) is 11.0 Å². The summed E-state index contributed by atoms with van der Waals surface area (Å²) in [5.41, 5.74) is 7.41. The third kappa shape index (κ3) is 2.06. The number of benzene rings is 1. The van der Waals surface area contributed by atoms with Gasteiger partial charge in [-0.2, -0.15) is 0 Å². The smallest absolute Gasteiger partial charge is 0.0765 e. The van der Waals surface area contributed by atoms with Gasteiger partial charge in [-0.25, -0.2) is 0 Å². The number of aliphatic hydroxyl groups excluding tert-OH is 1. The highest BCUT2D eigenvalue weighted by Crippen LogP contribution is 2.21. The van der Waals surface area contributed by atoms with E-state index in [0.29, 0.717) is 6.54 Å². The fourth-order valence-electron chi connectivity index (χ4n) is 1.16. The van der Waals surface area contributed by atoms with Crippen LogP contribution in [0, 0.1) is 0 Å². The summed E-state index contributed by atoms with van der Waals surface area (Å²) in [6, 6.07) is 5.72. The van der Waals surface area contributed by atoms with Gasteiger partial charge in [0.1, 0.15) is 0 Å². The first-order valence-corrected chi connectivity index (χ1v) is 4.61. The second-order valence-corrected chi connectivity index (χ2v) is 3.64. The van der Waals surface area contributed by atoms with Gasteiger partial charge in [-0.3, -0.25) is 0 Å². The van der Waals surface area contributed by atoms with Crippen LogP contribution in [0.15, 0.2) is 22.7 Å². The summed E-state index contributed by atoms with van der Waals surface area (Å²) in [5.74, 6) is 0. The van der Waals surface area contributed by atoms with E-state index in [2.05, 4.69) is 15.9 Å². The molecular formula is C9H12BrNO. The third-order valence-corrected chi connectivity index (χ3v) is 2.27. The Morgan fingerprint density at radius 3 is 2.75 bits per heavy atom. The minimum atomic E-state index is -0.448. The topological polar surface area (TPSA) is 46.2 Å². The zero-order chi connectivity index (χ0) is 9.14. The van der Waals surface area contributed by atoms with Crippen molar-refractivity contribution >= 4 is 15.9 Å². The van der Waals surface area contributed by atoms with E-state index in [1.807, 2.05) is 18.2 Å². The predicted octanol–water partition coefficient (Wildman–Crippen LogP) is 1.96. The largest absolute Gasteiger partial charge is 0.389 e. The Hall–Kier alpha value is -0.380. The molecule has 1 atom stereocenters. The van der Waals surface area contributed by atoms with E-state index in [1.54, 1.807) is 6.92 Å². The molecule has 0 aliphatic rings. The maximum atomic E-state index is 9.36. The predicted molar refractivity (Wildman–Crippen MR) is 52.7 cm³/mol. The molecule has 12 heavy (non-hydrogen) atoms. The summed E-state index contributed by atoms with van der Waals surface area (Å²) in [7, 11) is 0. The Balaban J connectivity index is 3.11. The molecule has 0 spiro atoms. The van der Waals surface area contributed by atoms with Gasteiger partial charge in [0.25, 0.3) is 0 Å². The van der Waals surface area contributed by atoms with Gasteiger partial charge in [-0.05, 0) is 30.2 Å². The minimum Gasteiger partial charge on any atom is -0.389 e. The molecule has 0 saturated carbocycles. The normalized spacial score (nSPS) is 13.0. The standard InChI is InChI=1S/C9H12BrNO/c1-6(12)9-3-2-8(10)4-7(9)5-11/h2-4,6,12H,5,11H2,1H3. The highest BCUT2D eigenvalue weighted by atomic mass is 79.9. The number of aliphatic hydroxyl groups is 1. The van der Waals surface area contributed by atoms with Crippen LogP contribution >= 0.6 is 15.9 Å². The lowest BCUT2D eigenvalue weighted by Crippen LogP contribution is -2.03. The molecule has 3 heteroatoms. The summed E-state index contributed by atoms with van der Waals surface area (Å²) in [6.45, 7) is 2.20. The molecule has 1 aromatic carbocycles. The molecule has 2 nitrogen and oxygen atoms in total. The quantitative estimate of drug-likeness (QED) is 0.815. The van der Waals surface area contributed by atoms with Crippen LogP contribution in [0.1, 0.15) is 24.2 Å².